The van der Waals surface area contributed by atoms with Crippen molar-refractivity contribution in [1.29, 1.82) is 0 Å². The first-order chi connectivity index (χ1) is 16.6. The maximum Gasteiger partial charge on any atom is 0.416 e. The van der Waals surface area contributed by atoms with Gasteiger partial charge in [0.05, 0.1) is 5.56 Å². The lowest BCUT2D eigenvalue weighted by Crippen LogP contribution is -2.48. The number of nitrogens with one attached hydrogen (secondary N) is 1. The molecule has 0 aliphatic carbocycles. The lowest BCUT2D eigenvalue weighted by Gasteiger charge is -2.39. The highest BCUT2D eigenvalue weighted by Gasteiger charge is 2.34. The Hall–Kier alpha value is -3.55. The summed E-state index contributed by atoms with van der Waals surface area (Å²) < 4.78 is 41.2. The minimum absolute atomic E-state index is 0.0493. The van der Waals surface area contributed by atoms with Gasteiger partial charge in [0.2, 0.25) is 5.91 Å². The van der Waals surface area contributed by atoms with Gasteiger partial charge in [0, 0.05) is 51.6 Å². The molecule has 182 valence electrons. The third-order valence-corrected chi connectivity index (χ3v) is 7.04. The molecule has 1 fully saturated rings. The Balaban J connectivity index is 1.51. The third-order valence-electron chi connectivity index (χ3n) is 7.04. The summed E-state index contributed by atoms with van der Waals surface area (Å²) in [5, 5.41) is 3.41. The number of amides is 2. The van der Waals surface area contributed by atoms with Gasteiger partial charge >= 0.3 is 6.18 Å². The average Bonchev–Trinajstić information content (AvgIpc) is 3.30. The van der Waals surface area contributed by atoms with Gasteiger partial charge in [-0.25, -0.2) is 0 Å². The zero-order chi connectivity index (χ0) is 24.9. The van der Waals surface area contributed by atoms with E-state index in [1.54, 1.807) is 6.08 Å². The smallest absolute Gasteiger partial charge is 0.337 e. The predicted octanol–water partition coefficient (Wildman–Crippen LogP) is 5.94. The number of anilines is 1. The van der Waals surface area contributed by atoms with E-state index in [1.165, 1.54) is 6.07 Å². The molecule has 0 radical (unpaired) electrons. The molecule has 2 aliphatic heterocycles. The molecule has 1 saturated heterocycles. The number of aromatic nitrogens is 1. The summed E-state index contributed by atoms with van der Waals surface area (Å²) in [6.07, 6.45) is 2.13. The second-order valence-corrected chi connectivity index (χ2v) is 9.43. The number of hydrogen-bond acceptors (Lipinski definition) is 2. The molecule has 1 N–H and O–H groups in total. The van der Waals surface area contributed by atoms with E-state index in [-0.39, 0.29) is 30.2 Å². The van der Waals surface area contributed by atoms with E-state index in [0.29, 0.717) is 11.1 Å². The highest BCUT2D eigenvalue weighted by molar-refractivity contribution is 6.35. The number of alkyl halides is 3. The molecule has 2 aliphatic rings. The largest absolute Gasteiger partial charge is 0.416 e. The second kappa shape index (κ2) is 8.59. The maximum atomic E-state index is 13.2. The van der Waals surface area contributed by atoms with Crippen molar-refractivity contribution < 1.29 is 22.8 Å². The number of fused-ring (bicyclic) bond motifs is 2. The fraction of sp³-hybridized carbons (Fsp3) is 0.333. The van der Waals surface area contributed by atoms with Crippen LogP contribution in [0.25, 0.3) is 22.6 Å². The Kier molecular flexibility index (Phi) is 5.69. The second-order valence-electron chi connectivity index (χ2n) is 9.43. The zero-order valence-corrected chi connectivity index (χ0v) is 19.5. The summed E-state index contributed by atoms with van der Waals surface area (Å²) in [7, 11) is 0. The van der Waals surface area contributed by atoms with Crippen LogP contribution < -0.4 is 5.32 Å². The zero-order valence-electron chi connectivity index (χ0n) is 19.5. The van der Waals surface area contributed by atoms with Crippen LogP contribution in [-0.4, -0.2) is 33.4 Å². The van der Waals surface area contributed by atoms with Crippen LogP contribution in [0.3, 0.4) is 0 Å². The highest BCUT2D eigenvalue weighted by atomic mass is 19.4. The van der Waals surface area contributed by atoms with E-state index in [1.807, 2.05) is 39.9 Å². The molecule has 2 atom stereocenters. The van der Waals surface area contributed by atoms with Crippen molar-refractivity contribution in [2.45, 2.75) is 57.9 Å². The summed E-state index contributed by atoms with van der Waals surface area (Å²) in [5.41, 5.74) is 1.63. The molecule has 5 nitrogen and oxygen atoms in total. The van der Waals surface area contributed by atoms with Gasteiger partial charge in [0.15, 0.2) is 0 Å². The highest BCUT2D eigenvalue weighted by Crippen LogP contribution is 2.39. The Morgan fingerprint density at radius 3 is 2.54 bits per heavy atom. The van der Waals surface area contributed by atoms with Gasteiger partial charge in [-0.2, -0.15) is 13.2 Å². The molecule has 8 heteroatoms. The van der Waals surface area contributed by atoms with Crippen LogP contribution in [0.5, 0.6) is 0 Å². The van der Waals surface area contributed by atoms with Gasteiger partial charge in [0.1, 0.15) is 6.54 Å². The number of benzene rings is 2. The van der Waals surface area contributed by atoms with Crippen molar-refractivity contribution in [1.82, 2.24) is 9.47 Å². The number of carbonyl (C=O) groups excluding carboxylic acids is 2. The number of nitrogens with zero attached hydrogens (tertiary/aromatic N) is 2. The molecule has 0 spiro atoms. The van der Waals surface area contributed by atoms with Gasteiger partial charge in [0.25, 0.3) is 5.91 Å². The predicted molar refractivity (Wildman–Crippen MR) is 130 cm³/mol. The van der Waals surface area contributed by atoms with Gasteiger partial charge in [-0.15, -0.1) is 0 Å². The minimum Gasteiger partial charge on any atom is -0.337 e. The number of halogens is 3. The number of likely N-dealkylation sites (tertiary alicyclic amines) is 1. The monoisotopic (exact) mass is 481 g/mol. The molecular formula is C27H26F3N3O2. The Morgan fingerprint density at radius 1 is 1.11 bits per heavy atom. The molecule has 3 aromatic rings. The lowest BCUT2D eigenvalue weighted by molar-refractivity contribution is -0.138. The van der Waals surface area contributed by atoms with Gasteiger partial charge in [-0.1, -0.05) is 24.3 Å². The molecule has 2 amide bonds. The van der Waals surface area contributed by atoms with Crippen LogP contribution in [-0.2, 0) is 22.3 Å². The number of rotatable bonds is 3. The molecule has 1 aromatic heterocycles. The van der Waals surface area contributed by atoms with Crippen LogP contribution >= 0.6 is 0 Å². The normalized spacial score (nSPS) is 21.5. The average molecular weight is 482 g/mol. The van der Waals surface area contributed by atoms with Crippen molar-refractivity contribution in [2.24, 2.45) is 0 Å². The van der Waals surface area contributed by atoms with E-state index in [4.69, 9.17) is 0 Å². The van der Waals surface area contributed by atoms with Crippen LogP contribution in [0.1, 0.15) is 49.8 Å². The van der Waals surface area contributed by atoms with Gasteiger partial charge < -0.3 is 14.8 Å². The van der Waals surface area contributed by atoms with Gasteiger partial charge in [-0.05, 0) is 57.4 Å². The number of hydrogen-bond donors (Lipinski definition) is 1. The molecule has 0 bridgehead atoms. The van der Waals surface area contributed by atoms with E-state index in [0.717, 1.165) is 47.9 Å². The molecule has 35 heavy (non-hydrogen) atoms. The fourth-order valence-corrected chi connectivity index (χ4v) is 5.33. The molecule has 5 rings (SSSR count). The third kappa shape index (κ3) is 4.22. The molecule has 0 saturated carbocycles. The van der Waals surface area contributed by atoms with Crippen molar-refractivity contribution >= 4 is 40.1 Å². The fourth-order valence-electron chi connectivity index (χ4n) is 5.33. The summed E-state index contributed by atoms with van der Waals surface area (Å²) in [4.78, 5) is 27.9. The Bertz CT molecular complexity index is 1350. The van der Waals surface area contributed by atoms with E-state index >= 15 is 0 Å². The summed E-state index contributed by atoms with van der Waals surface area (Å²) in [5.74, 6) is -0.406. The van der Waals surface area contributed by atoms with Crippen LogP contribution in [0.4, 0.5) is 18.9 Å². The summed E-state index contributed by atoms with van der Waals surface area (Å²) in [6, 6.07) is 11.2. The lowest BCUT2D eigenvalue weighted by atomic mass is 9.97. The van der Waals surface area contributed by atoms with E-state index < -0.39 is 17.6 Å². The SMILES string of the molecule is CC1CCCC(C)N1C(=O)Cn1cc(/C=C2/C(=O)Nc3cc(C(F)(F)F)ccc32)c2ccccc21. The van der Waals surface area contributed by atoms with Crippen LogP contribution in [0.15, 0.2) is 48.7 Å². The Morgan fingerprint density at radius 2 is 1.83 bits per heavy atom. The molecule has 3 heterocycles. The first kappa shape index (κ1) is 23.2. The minimum atomic E-state index is -4.49. The van der Waals surface area contributed by atoms with Crippen LogP contribution in [0.2, 0.25) is 0 Å². The molecular weight excluding hydrogens is 455 g/mol. The first-order valence-electron chi connectivity index (χ1n) is 11.8. The number of piperidine rings is 1. The molecule has 2 aromatic carbocycles. The maximum absolute atomic E-state index is 13.2. The van der Waals surface area contributed by atoms with Crippen LogP contribution in [0, 0.1) is 0 Å². The topological polar surface area (TPSA) is 54.3 Å². The Labute approximate surface area is 201 Å². The standard InChI is InChI=1S/C27H26F3N3O2/c1-16-6-5-7-17(2)33(16)25(34)15-32-14-18(20-8-3-4-9-24(20)32)12-22-21-11-10-19(27(28,29)30)13-23(21)31-26(22)35/h3-4,8-14,16-17H,5-7,15H2,1-2H3,(H,31,35)/b22-12+. The number of para-hydroxylation sites is 1. The van der Waals surface area contributed by atoms with E-state index in [2.05, 4.69) is 19.2 Å². The van der Waals surface area contributed by atoms with Crippen molar-refractivity contribution in [3.63, 3.8) is 0 Å². The number of carbonyl (C=O) groups is 2. The van der Waals surface area contributed by atoms with Crippen molar-refractivity contribution in [3.05, 3.63) is 65.4 Å². The summed E-state index contributed by atoms with van der Waals surface area (Å²) >= 11 is 0. The first-order valence-corrected chi connectivity index (χ1v) is 11.8. The van der Waals surface area contributed by atoms with E-state index in [9.17, 15) is 22.8 Å². The quantitative estimate of drug-likeness (QED) is 0.471. The van der Waals surface area contributed by atoms with Crippen molar-refractivity contribution in [2.75, 3.05) is 5.32 Å². The van der Waals surface area contributed by atoms with Gasteiger partial charge in [-0.3, -0.25) is 9.59 Å². The molecule has 2 unspecified atom stereocenters. The summed E-state index contributed by atoms with van der Waals surface area (Å²) in [6.45, 7) is 4.34. The van der Waals surface area contributed by atoms with Crippen molar-refractivity contribution in [3.8, 4) is 0 Å².